The molecule has 0 spiro atoms. The van der Waals surface area contributed by atoms with Crippen LogP contribution in [0.15, 0.2) is 54.6 Å². The highest BCUT2D eigenvalue weighted by atomic mass is 35.5. The van der Waals surface area contributed by atoms with Crippen LogP contribution in [0.5, 0.6) is 0 Å². The molecule has 1 aromatic heterocycles. The summed E-state index contributed by atoms with van der Waals surface area (Å²) in [5, 5.41) is 5.42. The maximum atomic E-state index is 13.5. The van der Waals surface area contributed by atoms with Crippen molar-refractivity contribution in [1.82, 2.24) is 19.6 Å². The van der Waals surface area contributed by atoms with Gasteiger partial charge in [-0.05, 0) is 44.7 Å². The molecule has 0 bridgehead atoms. The minimum Gasteiger partial charge on any atom is -0.354 e. The Labute approximate surface area is 201 Å². The van der Waals surface area contributed by atoms with Crippen molar-refractivity contribution >= 4 is 23.3 Å². The van der Waals surface area contributed by atoms with Gasteiger partial charge >= 0.3 is 0 Å². The number of piperazine rings is 1. The maximum Gasteiger partial charge on any atom is 0.255 e. The SMILES string of the molecule is CCCN(Cc1c(C)nn(-c2ccccc2)c1N1CCN(C)CC1)C(=O)c1ccccc1Cl. The van der Waals surface area contributed by atoms with Crippen LogP contribution >= 0.6 is 11.6 Å². The molecule has 0 radical (unpaired) electrons. The van der Waals surface area contributed by atoms with Crippen molar-refractivity contribution in [3.63, 3.8) is 0 Å². The van der Waals surface area contributed by atoms with Gasteiger partial charge in [0.2, 0.25) is 0 Å². The molecule has 174 valence electrons. The highest BCUT2D eigenvalue weighted by molar-refractivity contribution is 6.33. The van der Waals surface area contributed by atoms with E-state index in [1.807, 2.05) is 46.8 Å². The lowest BCUT2D eigenvalue weighted by Gasteiger charge is -2.35. The third-order valence-electron chi connectivity index (χ3n) is 6.19. The molecule has 1 aliphatic heterocycles. The fourth-order valence-electron chi connectivity index (χ4n) is 4.34. The summed E-state index contributed by atoms with van der Waals surface area (Å²) in [5.74, 6) is 1.04. The Morgan fingerprint density at radius 1 is 1.03 bits per heavy atom. The number of aromatic nitrogens is 2. The first-order valence-electron chi connectivity index (χ1n) is 11.6. The number of likely N-dealkylation sites (N-methyl/N-ethyl adjacent to an activating group) is 1. The molecule has 2 aromatic carbocycles. The lowest BCUT2D eigenvalue weighted by molar-refractivity contribution is 0.0743. The average molecular weight is 466 g/mol. The van der Waals surface area contributed by atoms with Crippen LogP contribution < -0.4 is 4.90 Å². The molecule has 0 N–H and O–H groups in total. The van der Waals surface area contributed by atoms with Crippen LogP contribution in [-0.4, -0.2) is 65.3 Å². The quantitative estimate of drug-likeness (QED) is 0.510. The summed E-state index contributed by atoms with van der Waals surface area (Å²) in [7, 11) is 2.16. The molecular weight excluding hydrogens is 434 g/mol. The number of halogens is 1. The van der Waals surface area contributed by atoms with Crippen molar-refractivity contribution in [3.05, 3.63) is 76.4 Å². The second-order valence-electron chi connectivity index (χ2n) is 8.63. The molecule has 33 heavy (non-hydrogen) atoms. The largest absolute Gasteiger partial charge is 0.354 e. The van der Waals surface area contributed by atoms with Gasteiger partial charge in [0, 0.05) is 38.3 Å². The zero-order valence-corrected chi connectivity index (χ0v) is 20.4. The number of hydrogen-bond donors (Lipinski definition) is 0. The molecule has 0 unspecified atom stereocenters. The topological polar surface area (TPSA) is 44.6 Å². The normalized spacial score (nSPS) is 14.5. The predicted octanol–water partition coefficient (Wildman–Crippen LogP) is 4.64. The van der Waals surface area contributed by atoms with Crippen LogP contribution in [0, 0.1) is 6.92 Å². The van der Waals surface area contributed by atoms with Crippen LogP contribution in [0.1, 0.15) is 35.0 Å². The first-order chi connectivity index (χ1) is 16.0. The van der Waals surface area contributed by atoms with Gasteiger partial charge in [-0.25, -0.2) is 4.68 Å². The van der Waals surface area contributed by atoms with E-state index in [9.17, 15) is 4.79 Å². The van der Waals surface area contributed by atoms with Crippen molar-refractivity contribution < 1.29 is 4.79 Å². The summed E-state index contributed by atoms with van der Waals surface area (Å²) < 4.78 is 2.04. The summed E-state index contributed by atoms with van der Waals surface area (Å²) in [4.78, 5) is 20.1. The fourth-order valence-corrected chi connectivity index (χ4v) is 4.56. The number of anilines is 1. The fraction of sp³-hybridized carbons (Fsp3) is 0.385. The first-order valence-corrected chi connectivity index (χ1v) is 12.0. The molecular formula is C26H32ClN5O. The smallest absolute Gasteiger partial charge is 0.255 e. The molecule has 3 aromatic rings. The maximum absolute atomic E-state index is 13.5. The Balaban J connectivity index is 1.74. The van der Waals surface area contributed by atoms with Gasteiger partial charge in [0.1, 0.15) is 5.82 Å². The summed E-state index contributed by atoms with van der Waals surface area (Å²) in [6, 6.07) is 17.5. The van der Waals surface area contributed by atoms with Gasteiger partial charge < -0.3 is 14.7 Å². The lowest BCUT2D eigenvalue weighted by Crippen LogP contribution is -2.45. The van der Waals surface area contributed by atoms with Crippen molar-refractivity contribution in [3.8, 4) is 5.69 Å². The first kappa shape index (κ1) is 23.3. The van der Waals surface area contributed by atoms with E-state index in [4.69, 9.17) is 16.7 Å². The van der Waals surface area contributed by atoms with E-state index in [0.717, 1.165) is 55.4 Å². The van der Waals surface area contributed by atoms with E-state index in [0.29, 0.717) is 23.7 Å². The molecule has 6 nitrogen and oxygen atoms in total. The number of aryl methyl sites for hydroxylation is 1. The van der Waals surface area contributed by atoms with Crippen LogP contribution in [0.3, 0.4) is 0 Å². The lowest BCUT2D eigenvalue weighted by atomic mass is 10.1. The van der Waals surface area contributed by atoms with Crippen molar-refractivity contribution in [1.29, 1.82) is 0 Å². The standard InChI is InChI=1S/C26H32ClN5O/c1-4-14-31(26(33)22-12-8-9-13-24(22)27)19-23-20(2)28-32(21-10-6-5-7-11-21)25(23)30-17-15-29(3)16-18-30/h5-13H,4,14-19H2,1-3H3. The Kier molecular flexibility index (Phi) is 7.36. The third-order valence-corrected chi connectivity index (χ3v) is 6.52. The average Bonchev–Trinajstić information content (AvgIpc) is 3.15. The second kappa shape index (κ2) is 10.4. The number of para-hydroxylation sites is 1. The van der Waals surface area contributed by atoms with E-state index in [-0.39, 0.29) is 5.91 Å². The number of carbonyl (C=O) groups excluding carboxylic acids is 1. The number of carbonyl (C=O) groups is 1. The number of amides is 1. The Morgan fingerprint density at radius 3 is 2.36 bits per heavy atom. The van der Waals surface area contributed by atoms with Gasteiger partial charge in [0.25, 0.3) is 5.91 Å². The van der Waals surface area contributed by atoms with Crippen molar-refractivity contribution in [2.45, 2.75) is 26.8 Å². The summed E-state index contributed by atoms with van der Waals surface area (Å²) in [6.45, 7) is 9.13. The van der Waals surface area contributed by atoms with E-state index < -0.39 is 0 Å². The highest BCUT2D eigenvalue weighted by Crippen LogP contribution is 2.30. The van der Waals surface area contributed by atoms with E-state index in [1.54, 1.807) is 12.1 Å². The monoisotopic (exact) mass is 465 g/mol. The molecule has 4 rings (SSSR count). The van der Waals surface area contributed by atoms with Gasteiger partial charge in [-0.2, -0.15) is 5.10 Å². The minimum absolute atomic E-state index is 0.0429. The Bertz CT molecular complexity index is 1090. The Morgan fingerprint density at radius 2 is 1.70 bits per heavy atom. The zero-order chi connectivity index (χ0) is 23.4. The number of benzene rings is 2. The van der Waals surface area contributed by atoms with Crippen molar-refractivity contribution in [2.75, 3.05) is 44.7 Å². The van der Waals surface area contributed by atoms with Gasteiger partial charge in [-0.1, -0.05) is 48.9 Å². The summed E-state index contributed by atoms with van der Waals surface area (Å²) in [5.41, 5.74) is 3.61. The molecule has 7 heteroatoms. The molecule has 2 heterocycles. The number of rotatable bonds is 7. The Hall–Kier alpha value is -2.83. The highest BCUT2D eigenvalue weighted by Gasteiger charge is 2.27. The van der Waals surface area contributed by atoms with Gasteiger partial charge in [0.05, 0.1) is 28.5 Å². The third kappa shape index (κ3) is 5.07. The van der Waals surface area contributed by atoms with Crippen LogP contribution in [0.25, 0.3) is 5.69 Å². The van der Waals surface area contributed by atoms with Crippen molar-refractivity contribution in [2.24, 2.45) is 0 Å². The van der Waals surface area contributed by atoms with Crippen LogP contribution in [0.4, 0.5) is 5.82 Å². The molecule has 1 amide bonds. The second-order valence-corrected chi connectivity index (χ2v) is 9.04. The molecule has 1 aliphatic rings. The molecule has 1 saturated heterocycles. The van der Waals surface area contributed by atoms with Crippen LogP contribution in [0.2, 0.25) is 5.02 Å². The van der Waals surface area contributed by atoms with Gasteiger partial charge in [0.15, 0.2) is 0 Å². The molecule has 0 atom stereocenters. The van der Waals surface area contributed by atoms with E-state index in [1.165, 1.54) is 0 Å². The molecule has 0 saturated carbocycles. The van der Waals surface area contributed by atoms with E-state index in [2.05, 4.69) is 35.9 Å². The predicted molar refractivity (Wildman–Crippen MR) is 134 cm³/mol. The summed E-state index contributed by atoms with van der Waals surface area (Å²) >= 11 is 6.37. The van der Waals surface area contributed by atoms with Crippen LogP contribution in [-0.2, 0) is 6.54 Å². The zero-order valence-electron chi connectivity index (χ0n) is 19.7. The van der Waals surface area contributed by atoms with Gasteiger partial charge in [-0.3, -0.25) is 4.79 Å². The minimum atomic E-state index is -0.0429. The number of hydrogen-bond acceptors (Lipinski definition) is 4. The number of nitrogens with zero attached hydrogens (tertiary/aromatic N) is 5. The summed E-state index contributed by atoms with van der Waals surface area (Å²) in [6.07, 6.45) is 0.867. The van der Waals surface area contributed by atoms with E-state index >= 15 is 0 Å². The van der Waals surface area contributed by atoms with Gasteiger partial charge in [-0.15, -0.1) is 0 Å². The molecule has 1 fully saturated rings. The molecule has 0 aliphatic carbocycles.